The van der Waals surface area contributed by atoms with Gasteiger partial charge in [-0.15, -0.1) is 0 Å². The lowest BCUT2D eigenvalue weighted by Gasteiger charge is -2.40. The summed E-state index contributed by atoms with van der Waals surface area (Å²) in [5, 5.41) is 59.7. The SMILES string of the molecule is O=[N+]([O-])c1ccc(N[C@@H]2C(O)OC(CO)[C@H](O)[C@H]2O)c2nonc12. The highest BCUT2D eigenvalue weighted by atomic mass is 16.6. The van der Waals surface area contributed by atoms with E-state index in [2.05, 4.69) is 20.3 Å². The minimum absolute atomic E-state index is 0.0161. The van der Waals surface area contributed by atoms with Gasteiger partial charge in [-0.1, -0.05) is 0 Å². The molecule has 0 amide bonds. The number of benzene rings is 1. The number of rotatable bonds is 4. The molecule has 5 atom stereocenters. The quantitative estimate of drug-likeness (QED) is 0.316. The maximum atomic E-state index is 10.9. The first-order valence-electron chi connectivity index (χ1n) is 6.90. The van der Waals surface area contributed by atoms with Crippen LogP contribution in [0.3, 0.4) is 0 Å². The Hall–Kier alpha value is -2.38. The lowest BCUT2D eigenvalue weighted by molar-refractivity contribution is -0.383. The zero-order chi connectivity index (χ0) is 17.4. The van der Waals surface area contributed by atoms with Crippen LogP contribution in [0.4, 0.5) is 11.4 Å². The molecule has 1 aliphatic rings. The van der Waals surface area contributed by atoms with E-state index < -0.39 is 42.2 Å². The van der Waals surface area contributed by atoms with Gasteiger partial charge in [0, 0.05) is 6.07 Å². The van der Waals surface area contributed by atoms with Gasteiger partial charge in [-0.05, 0) is 16.4 Å². The zero-order valence-electron chi connectivity index (χ0n) is 12.0. The van der Waals surface area contributed by atoms with Crippen LogP contribution in [0.1, 0.15) is 0 Å². The molecule has 0 bridgehead atoms. The molecule has 24 heavy (non-hydrogen) atoms. The van der Waals surface area contributed by atoms with Crippen molar-refractivity contribution in [2.24, 2.45) is 0 Å². The number of nitro groups is 1. The second kappa shape index (κ2) is 6.26. The van der Waals surface area contributed by atoms with Gasteiger partial charge in [0.05, 0.1) is 17.2 Å². The number of aromatic nitrogens is 2. The molecular weight excluding hydrogens is 328 g/mol. The summed E-state index contributed by atoms with van der Waals surface area (Å²) in [4.78, 5) is 10.3. The van der Waals surface area contributed by atoms with Crippen LogP contribution in [0, 0.1) is 10.1 Å². The molecule has 12 nitrogen and oxygen atoms in total. The van der Waals surface area contributed by atoms with E-state index in [0.717, 1.165) is 6.07 Å². The number of aliphatic hydroxyl groups excluding tert-OH is 4. The fourth-order valence-corrected chi connectivity index (χ4v) is 2.55. The molecule has 130 valence electrons. The van der Waals surface area contributed by atoms with Crippen LogP contribution >= 0.6 is 0 Å². The molecule has 2 unspecified atom stereocenters. The van der Waals surface area contributed by atoms with E-state index in [4.69, 9.17) is 9.84 Å². The fraction of sp³-hybridized carbons (Fsp3) is 0.500. The number of fused-ring (bicyclic) bond motifs is 1. The second-order valence-electron chi connectivity index (χ2n) is 5.25. The maximum Gasteiger partial charge on any atom is 0.300 e. The molecule has 1 fully saturated rings. The molecule has 12 heteroatoms. The standard InChI is InChI=1S/C12H14N4O8/c17-3-6-10(18)11(19)9(12(20)23-6)13-4-1-2-5(16(21)22)8-7(4)14-24-15-8/h1-2,6,9-13,17-20H,3H2/t6?,9-,10-,11-,12?/m0/s1. The highest BCUT2D eigenvalue weighted by molar-refractivity contribution is 5.93. The van der Waals surface area contributed by atoms with Crippen LogP contribution in [0.25, 0.3) is 11.0 Å². The van der Waals surface area contributed by atoms with Gasteiger partial charge >= 0.3 is 5.69 Å². The minimum Gasteiger partial charge on any atom is -0.394 e. The Labute approximate surface area is 133 Å². The molecule has 0 radical (unpaired) electrons. The highest BCUT2D eigenvalue weighted by Crippen LogP contribution is 2.31. The van der Waals surface area contributed by atoms with Gasteiger partial charge in [0.15, 0.2) is 11.8 Å². The van der Waals surface area contributed by atoms with Crippen LogP contribution in [-0.2, 0) is 4.74 Å². The molecule has 1 aromatic heterocycles. The summed E-state index contributed by atoms with van der Waals surface area (Å²) in [5.41, 5.74) is -0.238. The molecule has 3 rings (SSSR count). The van der Waals surface area contributed by atoms with Gasteiger partial charge < -0.3 is 30.5 Å². The van der Waals surface area contributed by atoms with Gasteiger partial charge in [0.25, 0.3) is 0 Å². The van der Waals surface area contributed by atoms with Crippen LogP contribution in [0.2, 0.25) is 0 Å². The molecule has 1 saturated heterocycles. The van der Waals surface area contributed by atoms with Gasteiger partial charge in [0.1, 0.15) is 24.4 Å². The third-order valence-corrected chi connectivity index (χ3v) is 3.81. The lowest BCUT2D eigenvalue weighted by atomic mass is 9.96. The minimum atomic E-state index is -1.55. The van der Waals surface area contributed by atoms with Crippen LogP contribution in [0.5, 0.6) is 0 Å². The zero-order valence-corrected chi connectivity index (χ0v) is 12.0. The molecule has 1 aromatic carbocycles. The Morgan fingerprint density at radius 2 is 1.92 bits per heavy atom. The van der Waals surface area contributed by atoms with Gasteiger partial charge in [-0.2, -0.15) is 0 Å². The molecular formula is C12H14N4O8. The number of nitrogens with zero attached hydrogens (tertiary/aromatic N) is 3. The van der Waals surface area contributed by atoms with Crippen molar-refractivity contribution >= 4 is 22.4 Å². The van der Waals surface area contributed by atoms with Gasteiger partial charge in [-0.3, -0.25) is 10.1 Å². The third-order valence-electron chi connectivity index (χ3n) is 3.81. The predicted molar refractivity (Wildman–Crippen MR) is 75.8 cm³/mol. The number of non-ortho nitro benzene ring substituents is 1. The molecule has 0 spiro atoms. The van der Waals surface area contributed by atoms with E-state index in [1.165, 1.54) is 6.07 Å². The van der Waals surface area contributed by atoms with Crippen molar-refractivity contribution in [1.82, 2.24) is 10.3 Å². The first-order valence-corrected chi connectivity index (χ1v) is 6.90. The summed E-state index contributed by atoms with van der Waals surface area (Å²) in [7, 11) is 0. The summed E-state index contributed by atoms with van der Waals surface area (Å²) >= 11 is 0. The number of nitrogens with one attached hydrogen (secondary N) is 1. The second-order valence-corrected chi connectivity index (χ2v) is 5.25. The number of nitro benzene ring substituents is 1. The molecule has 1 aliphatic heterocycles. The Morgan fingerprint density at radius 1 is 1.21 bits per heavy atom. The molecule has 2 aromatic rings. The van der Waals surface area contributed by atoms with E-state index in [9.17, 15) is 25.4 Å². The van der Waals surface area contributed by atoms with Crippen LogP contribution < -0.4 is 5.32 Å². The average molecular weight is 342 g/mol. The van der Waals surface area contributed by atoms with Crippen molar-refractivity contribution in [3.8, 4) is 0 Å². The summed E-state index contributed by atoms with van der Waals surface area (Å²) in [6.07, 6.45) is -5.61. The van der Waals surface area contributed by atoms with Gasteiger partial charge in [-0.25, -0.2) is 4.63 Å². The first-order chi connectivity index (χ1) is 11.4. The first kappa shape index (κ1) is 16.5. The van der Waals surface area contributed by atoms with E-state index >= 15 is 0 Å². The smallest absolute Gasteiger partial charge is 0.300 e. The predicted octanol–water partition coefficient (Wildman–Crippen LogP) is -1.66. The normalized spacial score (nSPS) is 30.4. The van der Waals surface area contributed by atoms with E-state index in [1.807, 2.05) is 0 Å². The third kappa shape index (κ3) is 2.65. The summed E-state index contributed by atoms with van der Waals surface area (Å²) < 4.78 is 9.54. The van der Waals surface area contributed by atoms with Gasteiger partial charge in [0.2, 0.25) is 5.52 Å². The van der Waals surface area contributed by atoms with Crippen LogP contribution in [0.15, 0.2) is 16.8 Å². The van der Waals surface area contributed by atoms with Crippen molar-refractivity contribution in [2.45, 2.75) is 30.6 Å². The fourth-order valence-electron chi connectivity index (χ4n) is 2.55. The monoisotopic (exact) mass is 342 g/mol. The Kier molecular flexibility index (Phi) is 4.29. The molecule has 5 N–H and O–H groups in total. The number of hydrogen-bond acceptors (Lipinski definition) is 11. The Balaban J connectivity index is 1.91. The number of anilines is 1. The molecule has 0 saturated carbocycles. The largest absolute Gasteiger partial charge is 0.394 e. The van der Waals surface area contributed by atoms with Crippen molar-refractivity contribution in [1.29, 1.82) is 0 Å². The van der Waals surface area contributed by atoms with Crippen molar-refractivity contribution < 1.29 is 34.7 Å². The Bertz CT molecular complexity index is 752. The lowest BCUT2D eigenvalue weighted by Crippen LogP contribution is -2.61. The average Bonchev–Trinajstić information content (AvgIpc) is 3.04. The van der Waals surface area contributed by atoms with Crippen molar-refractivity contribution in [2.75, 3.05) is 11.9 Å². The van der Waals surface area contributed by atoms with Crippen molar-refractivity contribution in [3.05, 3.63) is 22.2 Å². The van der Waals surface area contributed by atoms with Crippen molar-refractivity contribution in [3.63, 3.8) is 0 Å². The highest BCUT2D eigenvalue weighted by Gasteiger charge is 2.44. The van der Waals surface area contributed by atoms with E-state index in [0.29, 0.717) is 0 Å². The summed E-state index contributed by atoms with van der Waals surface area (Å²) in [5.74, 6) is 0. The number of hydrogen-bond donors (Lipinski definition) is 5. The number of aliphatic hydroxyl groups is 4. The summed E-state index contributed by atoms with van der Waals surface area (Å²) in [6.45, 7) is -0.586. The molecule has 2 heterocycles. The van der Waals surface area contributed by atoms with Crippen LogP contribution in [-0.4, -0.2) is 72.9 Å². The Morgan fingerprint density at radius 3 is 2.58 bits per heavy atom. The molecule has 0 aliphatic carbocycles. The van der Waals surface area contributed by atoms with E-state index in [1.54, 1.807) is 0 Å². The summed E-state index contributed by atoms with van der Waals surface area (Å²) in [6, 6.07) is 1.28. The van der Waals surface area contributed by atoms with E-state index in [-0.39, 0.29) is 22.4 Å². The maximum absolute atomic E-state index is 10.9. The topological polar surface area (TPSA) is 184 Å². The number of ether oxygens (including phenoxy) is 1.